The number of fused-ring (bicyclic) bond motifs is 1. The molecule has 0 radical (unpaired) electrons. The van der Waals surface area contributed by atoms with E-state index in [1.54, 1.807) is 12.1 Å². The minimum Gasteiger partial charge on any atom is -0.366 e. The molecule has 1 aliphatic heterocycles. The molecule has 1 saturated heterocycles. The third kappa shape index (κ3) is 3.29. The van der Waals surface area contributed by atoms with Gasteiger partial charge in [0.1, 0.15) is 5.82 Å². The van der Waals surface area contributed by atoms with Crippen LogP contribution < -0.4 is 4.90 Å². The number of para-hydroxylation sites is 2. The van der Waals surface area contributed by atoms with Gasteiger partial charge in [-0.25, -0.2) is 4.39 Å². The lowest BCUT2D eigenvalue weighted by Crippen LogP contribution is -2.49. The van der Waals surface area contributed by atoms with Gasteiger partial charge in [0.05, 0.1) is 5.69 Å². The topological polar surface area (TPSA) is 39.3 Å². The van der Waals surface area contributed by atoms with E-state index >= 15 is 0 Å². The maximum atomic E-state index is 13.9. The second kappa shape index (κ2) is 7.20. The molecule has 1 N–H and O–H groups in total. The standard InChI is InChI=1S/C21H22FN3O/c22-18-6-2-4-8-20(18)24-11-13-25(14-12-24)21(26)10-9-16-15-23-19-7-3-1-5-17(16)19/h1-8,15,23H,9-14H2. The Morgan fingerprint density at radius 3 is 2.54 bits per heavy atom. The molecule has 1 amide bonds. The number of aryl methyl sites for hydroxylation is 1. The molecule has 0 spiro atoms. The van der Waals surface area contributed by atoms with Crippen molar-refractivity contribution in [1.29, 1.82) is 0 Å². The first-order valence-corrected chi connectivity index (χ1v) is 9.04. The number of piperazine rings is 1. The summed E-state index contributed by atoms with van der Waals surface area (Å²) in [5.74, 6) is -0.0323. The van der Waals surface area contributed by atoms with E-state index in [-0.39, 0.29) is 11.7 Å². The van der Waals surface area contributed by atoms with E-state index < -0.39 is 0 Å². The third-order valence-corrected chi connectivity index (χ3v) is 5.11. The minimum absolute atomic E-state index is 0.170. The summed E-state index contributed by atoms with van der Waals surface area (Å²) in [5, 5.41) is 1.18. The van der Waals surface area contributed by atoms with Crippen molar-refractivity contribution in [3.63, 3.8) is 0 Å². The SMILES string of the molecule is O=C(CCc1c[nH]c2ccccc12)N1CCN(c2ccccc2F)CC1. The second-order valence-electron chi connectivity index (χ2n) is 6.68. The molecule has 0 atom stereocenters. The Morgan fingerprint density at radius 2 is 1.73 bits per heavy atom. The van der Waals surface area contributed by atoms with Gasteiger partial charge in [-0.05, 0) is 30.2 Å². The number of carbonyl (C=O) groups is 1. The van der Waals surface area contributed by atoms with Crippen LogP contribution >= 0.6 is 0 Å². The highest BCUT2D eigenvalue weighted by molar-refractivity contribution is 5.84. The van der Waals surface area contributed by atoms with Crippen LogP contribution in [-0.4, -0.2) is 42.0 Å². The van der Waals surface area contributed by atoms with E-state index in [0.717, 1.165) is 11.9 Å². The molecule has 1 aromatic heterocycles. The lowest BCUT2D eigenvalue weighted by molar-refractivity contribution is -0.131. The van der Waals surface area contributed by atoms with Crippen molar-refractivity contribution in [2.75, 3.05) is 31.1 Å². The largest absolute Gasteiger partial charge is 0.366 e. The number of halogens is 1. The lowest BCUT2D eigenvalue weighted by Gasteiger charge is -2.36. The lowest BCUT2D eigenvalue weighted by atomic mass is 10.1. The molecule has 5 heteroatoms. The molecule has 1 aliphatic rings. The Kier molecular flexibility index (Phi) is 4.61. The number of aromatic nitrogens is 1. The quantitative estimate of drug-likeness (QED) is 0.780. The van der Waals surface area contributed by atoms with Crippen molar-refractivity contribution in [2.45, 2.75) is 12.8 Å². The van der Waals surface area contributed by atoms with Crippen LogP contribution in [0.2, 0.25) is 0 Å². The van der Waals surface area contributed by atoms with Gasteiger partial charge in [-0.3, -0.25) is 4.79 Å². The number of nitrogens with zero attached hydrogens (tertiary/aromatic N) is 2. The van der Waals surface area contributed by atoms with Crippen molar-refractivity contribution in [1.82, 2.24) is 9.88 Å². The van der Waals surface area contributed by atoms with Crippen LogP contribution in [-0.2, 0) is 11.2 Å². The molecule has 2 aromatic carbocycles. The van der Waals surface area contributed by atoms with Gasteiger partial charge in [-0.15, -0.1) is 0 Å². The van der Waals surface area contributed by atoms with Gasteiger partial charge in [0, 0.05) is 49.7 Å². The molecular weight excluding hydrogens is 329 g/mol. The van der Waals surface area contributed by atoms with Gasteiger partial charge in [-0.1, -0.05) is 30.3 Å². The van der Waals surface area contributed by atoms with Crippen molar-refractivity contribution in [3.8, 4) is 0 Å². The predicted octanol–water partition coefficient (Wildman–Crippen LogP) is 3.59. The van der Waals surface area contributed by atoms with Crippen LogP contribution in [0.3, 0.4) is 0 Å². The number of rotatable bonds is 4. The Bertz CT molecular complexity index is 912. The number of aromatic amines is 1. The van der Waals surface area contributed by atoms with E-state index in [9.17, 15) is 9.18 Å². The van der Waals surface area contributed by atoms with Crippen LogP contribution in [0.5, 0.6) is 0 Å². The molecule has 134 valence electrons. The van der Waals surface area contributed by atoms with Gasteiger partial charge in [0.15, 0.2) is 0 Å². The first-order chi connectivity index (χ1) is 12.7. The second-order valence-corrected chi connectivity index (χ2v) is 6.68. The number of hydrogen-bond acceptors (Lipinski definition) is 2. The number of anilines is 1. The smallest absolute Gasteiger partial charge is 0.223 e. The first kappa shape index (κ1) is 16.6. The van der Waals surface area contributed by atoms with Gasteiger partial charge >= 0.3 is 0 Å². The summed E-state index contributed by atoms with van der Waals surface area (Å²) in [6.07, 6.45) is 3.23. The number of carbonyl (C=O) groups excluding carboxylic acids is 1. The van der Waals surface area contributed by atoms with Crippen LogP contribution in [0, 0.1) is 5.82 Å². The fraction of sp³-hybridized carbons (Fsp3) is 0.286. The average Bonchev–Trinajstić information content (AvgIpc) is 3.10. The summed E-state index contributed by atoms with van der Waals surface area (Å²) in [6.45, 7) is 2.61. The fourth-order valence-corrected chi connectivity index (χ4v) is 3.64. The molecule has 3 aromatic rings. The van der Waals surface area contributed by atoms with E-state index in [1.165, 1.54) is 17.0 Å². The Hall–Kier alpha value is -2.82. The summed E-state index contributed by atoms with van der Waals surface area (Å²) >= 11 is 0. The zero-order valence-electron chi connectivity index (χ0n) is 14.6. The molecule has 4 rings (SSSR count). The summed E-state index contributed by atoms with van der Waals surface area (Å²) in [7, 11) is 0. The van der Waals surface area contributed by atoms with E-state index in [2.05, 4.69) is 11.1 Å². The molecule has 4 nitrogen and oxygen atoms in total. The van der Waals surface area contributed by atoms with Crippen molar-refractivity contribution in [3.05, 3.63) is 66.1 Å². The molecule has 0 saturated carbocycles. The third-order valence-electron chi connectivity index (χ3n) is 5.11. The summed E-state index contributed by atoms with van der Waals surface area (Å²) in [4.78, 5) is 19.7. The van der Waals surface area contributed by atoms with Crippen molar-refractivity contribution < 1.29 is 9.18 Å². The molecule has 2 heterocycles. The number of benzene rings is 2. The predicted molar refractivity (Wildman–Crippen MR) is 102 cm³/mol. The first-order valence-electron chi connectivity index (χ1n) is 9.04. The molecule has 26 heavy (non-hydrogen) atoms. The monoisotopic (exact) mass is 351 g/mol. The Balaban J connectivity index is 1.33. The maximum absolute atomic E-state index is 13.9. The highest BCUT2D eigenvalue weighted by Gasteiger charge is 2.22. The van der Waals surface area contributed by atoms with Crippen LogP contribution in [0.25, 0.3) is 10.9 Å². The van der Waals surface area contributed by atoms with Crippen LogP contribution in [0.15, 0.2) is 54.7 Å². The zero-order valence-corrected chi connectivity index (χ0v) is 14.6. The van der Waals surface area contributed by atoms with E-state index in [1.807, 2.05) is 40.3 Å². The van der Waals surface area contributed by atoms with E-state index in [0.29, 0.717) is 38.3 Å². The zero-order chi connectivity index (χ0) is 17.9. The minimum atomic E-state index is -0.202. The Labute approximate surface area is 152 Å². The normalized spacial score (nSPS) is 14.8. The van der Waals surface area contributed by atoms with Crippen LogP contribution in [0.4, 0.5) is 10.1 Å². The summed E-state index contributed by atoms with van der Waals surface area (Å²) in [6, 6.07) is 15.0. The van der Waals surface area contributed by atoms with Gasteiger partial charge in [0.25, 0.3) is 0 Å². The number of nitrogens with one attached hydrogen (secondary N) is 1. The molecular formula is C21H22FN3O. The average molecular weight is 351 g/mol. The number of amides is 1. The fourth-order valence-electron chi connectivity index (χ4n) is 3.64. The van der Waals surface area contributed by atoms with Crippen molar-refractivity contribution >= 4 is 22.5 Å². The molecule has 1 fully saturated rings. The van der Waals surface area contributed by atoms with E-state index in [4.69, 9.17) is 0 Å². The van der Waals surface area contributed by atoms with Crippen molar-refractivity contribution in [2.24, 2.45) is 0 Å². The van der Waals surface area contributed by atoms with Gasteiger partial charge in [0.2, 0.25) is 5.91 Å². The molecule has 0 bridgehead atoms. The molecule has 0 aliphatic carbocycles. The van der Waals surface area contributed by atoms with Gasteiger partial charge in [-0.2, -0.15) is 0 Å². The Morgan fingerprint density at radius 1 is 1.00 bits per heavy atom. The number of hydrogen-bond donors (Lipinski definition) is 1. The summed E-state index contributed by atoms with van der Waals surface area (Å²) < 4.78 is 13.9. The highest BCUT2D eigenvalue weighted by Crippen LogP contribution is 2.22. The number of H-pyrrole nitrogens is 1. The maximum Gasteiger partial charge on any atom is 0.223 e. The highest BCUT2D eigenvalue weighted by atomic mass is 19.1. The summed E-state index contributed by atoms with van der Waals surface area (Å²) in [5.41, 5.74) is 2.91. The van der Waals surface area contributed by atoms with Gasteiger partial charge < -0.3 is 14.8 Å². The molecule has 0 unspecified atom stereocenters. The van der Waals surface area contributed by atoms with Crippen LogP contribution in [0.1, 0.15) is 12.0 Å².